The van der Waals surface area contributed by atoms with Crippen LogP contribution in [0.2, 0.25) is 0 Å². The average Bonchev–Trinajstić information content (AvgIpc) is 2.65. The third-order valence-corrected chi connectivity index (χ3v) is 4.34. The van der Waals surface area contributed by atoms with Crippen molar-refractivity contribution in [3.63, 3.8) is 0 Å². The summed E-state index contributed by atoms with van der Waals surface area (Å²) in [5.74, 6) is 0. The number of nitrogens with two attached hydrogens (primary N) is 1. The smallest absolute Gasteiger partial charge is 0.0596 e. The zero-order valence-corrected chi connectivity index (χ0v) is 13.3. The van der Waals surface area contributed by atoms with Gasteiger partial charge in [0, 0.05) is 37.3 Å². The van der Waals surface area contributed by atoms with Gasteiger partial charge >= 0.3 is 0 Å². The number of aryl methyl sites for hydroxylation is 2. The van der Waals surface area contributed by atoms with Crippen molar-refractivity contribution in [3.05, 3.63) is 17.5 Å². The number of nitrogens with zero attached hydrogens (tertiary/aromatic N) is 4. The summed E-state index contributed by atoms with van der Waals surface area (Å²) in [6.07, 6.45) is 2.12. The van der Waals surface area contributed by atoms with E-state index < -0.39 is 0 Å². The monoisotopic (exact) mass is 279 g/mol. The lowest BCUT2D eigenvalue weighted by Crippen LogP contribution is -2.51. The summed E-state index contributed by atoms with van der Waals surface area (Å²) in [7, 11) is 4.39. The third-order valence-electron chi connectivity index (χ3n) is 4.34. The topological polar surface area (TPSA) is 50.3 Å². The second kappa shape index (κ2) is 6.70. The summed E-state index contributed by atoms with van der Waals surface area (Å²) in [6, 6.07) is 2.74. The molecule has 0 saturated carbocycles. The average molecular weight is 279 g/mol. The summed E-state index contributed by atoms with van der Waals surface area (Å²) >= 11 is 0. The van der Waals surface area contributed by atoms with Crippen LogP contribution in [0.5, 0.6) is 0 Å². The Labute approximate surface area is 122 Å². The highest BCUT2D eigenvalue weighted by Crippen LogP contribution is 2.14. The van der Waals surface area contributed by atoms with Crippen LogP contribution >= 0.6 is 0 Å². The first-order chi connectivity index (χ1) is 9.51. The molecule has 2 N–H and O–H groups in total. The summed E-state index contributed by atoms with van der Waals surface area (Å²) < 4.78 is 2.08. The molecular formula is C15H29N5. The molecule has 1 aliphatic rings. The summed E-state index contributed by atoms with van der Waals surface area (Å²) in [5, 5.41) is 4.52. The highest BCUT2D eigenvalue weighted by molar-refractivity contribution is 5.11. The Morgan fingerprint density at radius 2 is 2.15 bits per heavy atom. The van der Waals surface area contributed by atoms with Gasteiger partial charge in [0.25, 0.3) is 0 Å². The molecular weight excluding hydrogens is 250 g/mol. The fraction of sp³-hybridized carbons (Fsp3) is 0.800. The zero-order chi connectivity index (χ0) is 14.7. The quantitative estimate of drug-likeness (QED) is 0.882. The van der Waals surface area contributed by atoms with E-state index in [1.54, 1.807) is 0 Å². The van der Waals surface area contributed by atoms with Gasteiger partial charge in [0.2, 0.25) is 0 Å². The molecule has 0 aliphatic carbocycles. The van der Waals surface area contributed by atoms with Crippen LogP contribution < -0.4 is 5.73 Å². The van der Waals surface area contributed by atoms with Gasteiger partial charge in [0.15, 0.2) is 0 Å². The highest BCUT2D eigenvalue weighted by atomic mass is 15.3. The van der Waals surface area contributed by atoms with Crippen molar-refractivity contribution in [3.8, 4) is 0 Å². The Hall–Kier alpha value is -0.910. The molecule has 0 radical (unpaired) electrons. The molecule has 5 nitrogen and oxygen atoms in total. The van der Waals surface area contributed by atoms with E-state index in [9.17, 15) is 0 Å². The Balaban J connectivity index is 2.07. The van der Waals surface area contributed by atoms with Crippen molar-refractivity contribution >= 4 is 0 Å². The van der Waals surface area contributed by atoms with Crippen molar-refractivity contribution < 1.29 is 0 Å². The van der Waals surface area contributed by atoms with Gasteiger partial charge in [0.05, 0.1) is 5.69 Å². The first-order valence-electron chi connectivity index (χ1n) is 7.69. The second-order valence-corrected chi connectivity index (χ2v) is 6.12. The Morgan fingerprint density at radius 1 is 1.40 bits per heavy atom. The van der Waals surface area contributed by atoms with Gasteiger partial charge < -0.3 is 15.5 Å². The van der Waals surface area contributed by atoms with E-state index in [4.69, 9.17) is 5.73 Å². The molecule has 2 heterocycles. The summed E-state index contributed by atoms with van der Waals surface area (Å²) in [6.45, 7) is 8.45. The van der Waals surface area contributed by atoms with Crippen LogP contribution in [0.1, 0.15) is 24.7 Å². The molecule has 2 rings (SSSR count). The number of hydrogen-bond acceptors (Lipinski definition) is 4. The standard InChI is InChI=1S/C15H29N5/c1-5-20-13(9-12(2)17-20)10-14(16)15-11-18(3)7-6-8-19(15)4/h9,14-15H,5-8,10-11,16H2,1-4H3. The predicted molar refractivity (Wildman–Crippen MR) is 82.8 cm³/mol. The number of hydrogen-bond donors (Lipinski definition) is 1. The lowest BCUT2D eigenvalue weighted by molar-refractivity contribution is 0.194. The van der Waals surface area contributed by atoms with Gasteiger partial charge in [-0.1, -0.05) is 0 Å². The van der Waals surface area contributed by atoms with Gasteiger partial charge in [-0.25, -0.2) is 0 Å². The predicted octanol–water partition coefficient (Wildman–Crippen LogP) is 0.717. The van der Waals surface area contributed by atoms with E-state index in [-0.39, 0.29) is 6.04 Å². The number of aromatic nitrogens is 2. The van der Waals surface area contributed by atoms with Crippen LogP contribution in [0.3, 0.4) is 0 Å². The molecule has 2 unspecified atom stereocenters. The van der Waals surface area contributed by atoms with Crippen LogP contribution in [0, 0.1) is 6.92 Å². The van der Waals surface area contributed by atoms with Crippen LogP contribution in [0.4, 0.5) is 0 Å². The maximum Gasteiger partial charge on any atom is 0.0596 e. The van der Waals surface area contributed by atoms with E-state index in [0.717, 1.165) is 31.7 Å². The Kier molecular flexibility index (Phi) is 5.18. The first kappa shape index (κ1) is 15.5. The molecule has 114 valence electrons. The van der Waals surface area contributed by atoms with Crippen LogP contribution in [-0.4, -0.2) is 65.4 Å². The van der Waals surface area contributed by atoms with Crippen LogP contribution in [0.15, 0.2) is 6.07 Å². The molecule has 2 atom stereocenters. The molecule has 0 bridgehead atoms. The van der Waals surface area contributed by atoms with Crippen molar-refractivity contribution in [2.24, 2.45) is 5.73 Å². The molecule has 5 heteroatoms. The third kappa shape index (κ3) is 3.59. The van der Waals surface area contributed by atoms with Gasteiger partial charge in [0.1, 0.15) is 0 Å². The van der Waals surface area contributed by atoms with E-state index in [1.807, 2.05) is 6.92 Å². The molecule has 1 aromatic heterocycles. The lowest BCUT2D eigenvalue weighted by atomic mass is 10.0. The first-order valence-corrected chi connectivity index (χ1v) is 7.69. The van der Waals surface area contributed by atoms with Crippen molar-refractivity contribution in [1.82, 2.24) is 19.6 Å². The molecule has 0 spiro atoms. The van der Waals surface area contributed by atoms with Gasteiger partial charge in [-0.3, -0.25) is 4.68 Å². The Morgan fingerprint density at radius 3 is 2.85 bits per heavy atom. The molecule has 1 aliphatic heterocycles. The van der Waals surface area contributed by atoms with E-state index >= 15 is 0 Å². The highest BCUT2D eigenvalue weighted by Gasteiger charge is 2.27. The molecule has 20 heavy (non-hydrogen) atoms. The SMILES string of the molecule is CCn1nc(C)cc1CC(N)C1CN(C)CCCN1C. The minimum absolute atomic E-state index is 0.155. The number of likely N-dealkylation sites (N-methyl/N-ethyl adjacent to an activating group) is 2. The normalized spacial score (nSPS) is 23.8. The van der Waals surface area contributed by atoms with Crippen LogP contribution in [0.25, 0.3) is 0 Å². The van der Waals surface area contributed by atoms with Crippen molar-refractivity contribution in [2.75, 3.05) is 33.7 Å². The molecule has 1 fully saturated rings. The van der Waals surface area contributed by atoms with Crippen molar-refractivity contribution in [1.29, 1.82) is 0 Å². The summed E-state index contributed by atoms with van der Waals surface area (Å²) in [5.41, 5.74) is 8.87. The minimum atomic E-state index is 0.155. The molecule has 1 saturated heterocycles. The van der Waals surface area contributed by atoms with Gasteiger partial charge in [-0.15, -0.1) is 0 Å². The van der Waals surface area contributed by atoms with Gasteiger partial charge in [-0.2, -0.15) is 5.10 Å². The number of rotatable bonds is 4. The lowest BCUT2D eigenvalue weighted by Gasteiger charge is -2.32. The van der Waals surface area contributed by atoms with Gasteiger partial charge in [-0.05, 0) is 53.5 Å². The largest absolute Gasteiger partial charge is 0.326 e. The minimum Gasteiger partial charge on any atom is -0.326 e. The zero-order valence-electron chi connectivity index (χ0n) is 13.3. The van der Waals surface area contributed by atoms with E-state index in [0.29, 0.717) is 6.04 Å². The maximum absolute atomic E-state index is 6.53. The Bertz CT molecular complexity index is 428. The molecule has 1 aromatic rings. The van der Waals surface area contributed by atoms with E-state index in [2.05, 4.69) is 46.7 Å². The fourth-order valence-corrected chi connectivity index (χ4v) is 3.18. The second-order valence-electron chi connectivity index (χ2n) is 6.12. The molecule has 0 amide bonds. The van der Waals surface area contributed by atoms with E-state index in [1.165, 1.54) is 18.7 Å². The summed E-state index contributed by atoms with van der Waals surface area (Å²) in [4.78, 5) is 4.82. The van der Waals surface area contributed by atoms with Crippen molar-refractivity contribution in [2.45, 2.75) is 45.3 Å². The molecule has 0 aromatic carbocycles. The van der Waals surface area contributed by atoms with Crippen LogP contribution in [-0.2, 0) is 13.0 Å². The fourth-order valence-electron chi connectivity index (χ4n) is 3.18. The maximum atomic E-state index is 6.53.